The molecule has 5 fully saturated rings. The Labute approximate surface area is 278 Å². The molecule has 7 N–H and O–H groups in total. The van der Waals surface area contributed by atoms with E-state index < -0.39 is 77.8 Å². The lowest BCUT2D eigenvalue weighted by Crippen LogP contribution is -2.69. The summed E-state index contributed by atoms with van der Waals surface area (Å²) in [5.74, 6) is -0.882. The SMILES string of the molecule is C[C@@H]1CC[C@]2(C(=O)OO[C@@H]3O[C@H](CO)[C@@H](O)[C@H](O)[C@H]3O)CC[C@]3(C)C(=CC[C@@H]4[C@@]5(C)C[C@@H](O)[C@H](O)C(C)(C)[C@@H]5CC[C@]43C)[C@@H]2[C@]1(C)O. The van der Waals surface area contributed by atoms with Gasteiger partial charge >= 0.3 is 5.97 Å². The summed E-state index contributed by atoms with van der Waals surface area (Å²) in [5, 5.41) is 74.9. The van der Waals surface area contributed by atoms with E-state index in [1.807, 2.05) is 13.8 Å². The van der Waals surface area contributed by atoms with Gasteiger partial charge in [0.2, 0.25) is 6.29 Å². The third kappa shape index (κ3) is 4.74. The van der Waals surface area contributed by atoms with Gasteiger partial charge in [-0.15, -0.1) is 4.89 Å². The number of carbonyl (C=O) groups excluding carboxylic acids is 1. The highest BCUT2D eigenvalue weighted by Gasteiger charge is 2.72. The summed E-state index contributed by atoms with van der Waals surface area (Å²) in [6.45, 7) is 14.3. The third-order valence-corrected chi connectivity index (χ3v) is 15.5. The van der Waals surface area contributed by atoms with Crippen LogP contribution >= 0.6 is 0 Å². The van der Waals surface area contributed by atoms with Crippen molar-refractivity contribution in [2.45, 2.75) is 148 Å². The topological polar surface area (TPSA) is 186 Å². The molecule has 0 radical (unpaired) electrons. The molecular weight excluding hydrogens is 608 g/mol. The minimum Gasteiger partial charge on any atom is -0.394 e. The smallest absolute Gasteiger partial charge is 0.349 e. The molecule has 0 amide bonds. The van der Waals surface area contributed by atoms with Crippen LogP contribution in [0.3, 0.4) is 0 Å². The van der Waals surface area contributed by atoms with Gasteiger partial charge in [0.1, 0.15) is 24.4 Å². The predicted molar refractivity (Wildman–Crippen MR) is 169 cm³/mol. The standard InChI is InChI=1S/C36H58O11/c1-18-10-13-36(30(43)47-46-29-26(41)25(40)24(39)21(17-37)45-29)15-14-33(5)19(27(36)35(18,7)44)8-9-23-32(4)16-20(38)28(42)31(2,3)22(32)11-12-34(23,33)6/h8,18,20-29,37-42,44H,9-17H2,1-7H3/t18-,20-,21-,22+,23-,24-,25+,26-,27-,28+,29+,32+,33-,34-,35-,36+/m1/s1. The number of aliphatic hydroxyl groups is 7. The monoisotopic (exact) mass is 666 g/mol. The van der Waals surface area contributed by atoms with Gasteiger partial charge in [0.25, 0.3) is 0 Å². The third-order valence-electron chi connectivity index (χ3n) is 15.5. The average Bonchev–Trinajstić information content (AvgIpc) is 3.00. The highest BCUT2D eigenvalue weighted by Crippen LogP contribution is 2.76. The number of allylic oxidation sites excluding steroid dienone is 1. The maximum atomic E-state index is 14.3. The van der Waals surface area contributed by atoms with Crippen molar-refractivity contribution >= 4 is 5.97 Å². The van der Waals surface area contributed by atoms with Crippen molar-refractivity contribution in [3.8, 4) is 0 Å². The lowest BCUT2D eigenvalue weighted by Gasteiger charge is -2.72. The molecule has 0 aromatic rings. The zero-order chi connectivity index (χ0) is 34.7. The molecule has 4 saturated carbocycles. The summed E-state index contributed by atoms with van der Waals surface area (Å²) < 4.78 is 5.41. The number of rotatable bonds is 4. The Kier molecular flexibility index (Phi) is 8.68. The van der Waals surface area contributed by atoms with Gasteiger partial charge in [-0.2, -0.15) is 0 Å². The fourth-order valence-electron chi connectivity index (χ4n) is 12.3. The van der Waals surface area contributed by atoms with Crippen LogP contribution in [0.25, 0.3) is 0 Å². The van der Waals surface area contributed by atoms with E-state index in [0.29, 0.717) is 32.1 Å². The van der Waals surface area contributed by atoms with Gasteiger partial charge in [-0.3, -0.25) is 4.89 Å². The summed E-state index contributed by atoms with van der Waals surface area (Å²) in [4.78, 5) is 25.1. The molecule has 11 heteroatoms. The summed E-state index contributed by atoms with van der Waals surface area (Å²) in [7, 11) is 0. The summed E-state index contributed by atoms with van der Waals surface area (Å²) >= 11 is 0. The molecule has 11 nitrogen and oxygen atoms in total. The quantitative estimate of drug-likeness (QED) is 0.133. The van der Waals surface area contributed by atoms with Gasteiger partial charge in [-0.25, -0.2) is 4.79 Å². The number of aliphatic hydroxyl groups excluding tert-OH is 6. The van der Waals surface area contributed by atoms with Gasteiger partial charge in [0.15, 0.2) is 0 Å². The van der Waals surface area contributed by atoms with E-state index in [0.717, 1.165) is 24.8 Å². The van der Waals surface area contributed by atoms with Crippen LogP contribution in [0.15, 0.2) is 11.6 Å². The van der Waals surface area contributed by atoms with E-state index in [-0.39, 0.29) is 34.0 Å². The molecule has 6 aliphatic rings. The normalized spacial score (nSPS) is 55.4. The van der Waals surface area contributed by atoms with Crippen molar-refractivity contribution < 1.29 is 55.1 Å². The lowest BCUT2D eigenvalue weighted by molar-refractivity contribution is -0.409. The molecular formula is C36H58O11. The zero-order valence-electron chi connectivity index (χ0n) is 29.1. The summed E-state index contributed by atoms with van der Waals surface area (Å²) in [6, 6.07) is 0. The van der Waals surface area contributed by atoms with Crippen molar-refractivity contribution in [3.63, 3.8) is 0 Å². The van der Waals surface area contributed by atoms with E-state index in [1.165, 1.54) is 0 Å². The minimum atomic E-state index is -1.73. The van der Waals surface area contributed by atoms with Crippen LogP contribution in [0.1, 0.15) is 99.8 Å². The molecule has 1 heterocycles. The number of hydrogen-bond donors (Lipinski definition) is 7. The van der Waals surface area contributed by atoms with E-state index in [1.54, 1.807) is 0 Å². The molecule has 6 rings (SSSR count). The second-order valence-electron chi connectivity index (χ2n) is 17.8. The van der Waals surface area contributed by atoms with Crippen LogP contribution in [0, 0.1) is 50.7 Å². The van der Waals surface area contributed by atoms with Crippen molar-refractivity contribution in [2.75, 3.05) is 6.61 Å². The molecule has 268 valence electrons. The second kappa shape index (κ2) is 11.4. The van der Waals surface area contributed by atoms with Gasteiger partial charge in [-0.05, 0) is 97.7 Å². The molecule has 0 spiro atoms. The minimum absolute atomic E-state index is 0.0994. The van der Waals surface area contributed by atoms with Crippen molar-refractivity contribution in [3.05, 3.63) is 11.6 Å². The Bertz CT molecular complexity index is 1270. The first-order chi connectivity index (χ1) is 21.7. The molecule has 0 aromatic carbocycles. The summed E-state index contributed by atoms with van der Waals surface area (Å²) in [5.41, 5.74) is -2.49. The zero-order valence-corrected chi connectivity index (χ0v) is 29.1. The Morgan fingerprint density at radius 2 is 1.60 bits per heavy atom. The van der Waals surface area contributed by atoms with E-state index >= 15 is 0 Å². The fraction of sp³-hybridized carbons (Fsp3) is 0.917. The molecule has 0 aromatic heterocycles. The molecule has 47 heavy (non-hydrogen) atoms. The van der Waals surface area contributed by atoms with Gasteiger partial charge in [-0.1, -0.05) is 53.2 Å². The van der Waals surface area contributed by atoms with Gasteiger partial charge < -0.3 is 40.5 Å². The second-order valence-corrected chi connectivity index (χ2v) is 17.8. The molecule has 1 saturated heterocycles. The van der Waals surface area contributed by atoms with Gasteiger partial charge in [0, 0.05) is 5.92 Å². The van der Waals surface area contributed by atoms with Gasteiger partial charge in [0.05, 0.1) is 29.8 Å². The van der Waals surface area contributed by atoms with E-state index in [4.69, 9.17) is 14.5 Å². The lowest BCUT2D eigenvalue weighted by atomic mass is 9.33. The Balaban J connectivity index is 1.35. The summed E-state index contributed by atoms with van der Waals surface area (Å²) in [6.07, 6.45) is -1.83. The fourth-order valence-corrected chi connectivity index (χ4v) is 12.3. The van der Waals surface area contributed by atoms with Crippen LogP contribution < -0.4 is 0 Å². The van der Waals surface area contributed by atoms with Crippen LogP contribution in [0.2, 0.25) is 0 Å². The molecule has 5 aliphatic carbocycles. The van der Waals surface area contributed by atoms with Crippen molar-refractivity contribution in [1.29, 1.82) is 0 Å². The van der Waals surface area contributed by atoms with E-state index in [9.17, 15) is 40.5 Å². The highest BCUT2D eigenvalue weighted by atomic mass is 17.2. The first-order valence-corrected chi connectivity index (χ1v) is 17.7. The average molecular weight is 667 g/mol. The van der Waals surface area contributed by atoms with Crippen LogP contribution in [0.4, 0.5) is 0 Å². The van der Waals surface area contributed by atoms with Crippen molar-refractivity contribution in [2.24, 2.45) is 50.7 Å². The van der Waals surface area contributed by atoms with Crippen molar-refractivity contribution in [1.82, 2.24) is 0 Å². The number of hydrogen-bond acceptors (Lipinski definition) is 11. The number of carbonyl (C=O) groups is 1. The van der Waals surface area contributed by atoms with Crippen LogP contribution in [0.5, 0.6) is 0 Å². The predicted octanol–water partition coefficient (Wildman–Crippen LogP) is 2.37. The Morgan fingerprint density at radius 3 is 2.26 bits per heavy atom. The maximum absolute atomic E-state index is 14.3. The largest absolute Gasteiger partial charge is 0.394 e. The van der Waals surface area contributed by atoms with E-state index in [2.05, 4.69) is 40.7 Å². The maximum Gasteiger partial charge on any atom is 0.349 e. The van der Waals surface area contributed by atoms with Crippen LogP contribution in [-0.4, -0.2) is 96.8 Å². The Hall–Kier alpha value is -1.15. The first kappa shape index (κ1) is 35.7. The first-order valence-electron chi connectivity index (χ1n) is 17.7. The van der Waals surface area contributed by atoms with Crippen LogP contribution in [-0.2, 0) is 19.3 Å². The highest BCUT2D eigenvalue weighted by molar-refractivity contribution is 5.78. The molecule has 1 aliphatic heterocycles. The molecule has 16 atom stereocenters. The number of fused-ring (bicyclic) bond motifs is 7. The number of ether oxygens (including phenoxy) is 1. The Morgan fingerprint density at radius 1 is 0.915 bits per heavy atom. The molecule has 0 bridgehead atoms. The molecule has 0 unspecified atom stereocenters.